The van der Waals surface area contributed by atoms with Crippen LogP contribution in [0.15, 0.2) is 46.0 Å². The summed E-state index contributed by atoms with van der Waals surface area (Å²) in [5.41, 5.74) is 7.13. The summed E-state index contributed by atoms with van der Waals surface area (Å²) in [6.07, 6.45) is 0. The summed E-state index contributed by atoms with van der Waals surface area (Å²) in [7, 11) is 0. The predicted octanol–water partition coefficient (Wildman–Crippen LogP) is 3.95. The van der Waals surface area contributed by atoms with E-state index in [0.717, 1.165) is 5.56 Å². The Kier molecular flexibility index (Phi) is 5.03. The molecule has 0 fully saturated rings. The van der Waals surface area contributed by atoms with Crippen molar-refractivity contribution in [3.05, 3.63) is 62.8 Å². The van der Waals surface area contributed by atoms with Crippen molar-refractivity contribution < 1.29 is 9.60 Å². The van der Waals surface area contributed by atoms with E-state index in [-0.39, 0.29) is 11.7 Å². The number of rotatable bonds is 4. The van der Waals surface area contributed by atoms with Crippen molar-refractivity contribution in [2.45, 2.75) is 6.54 Å². The SMILES string of the molecule is N/C(=N/O)c1ccc(CNc2c(F)cccc2Br)c(Cl)c1. The molecule has 2 aromatic carbocycles. The highest BCUT2D eigenvalue weighted by molar-refractivity contribution is 9.10. The molecule has 0 radical (unpaired) electrons. The first-order chi connectivity index (χ1) is 10.0. The van der Waals surface area contributed by atoms with Gasteiger partial charge in [0.1, 0.15) is 5.82 Å². The van der Waals surface area contributed by atoms with E-state index in [1.807, 2.05) is 0 Å². The van der Waals surface area contributed by atoms with E-state index in [2.05, 4.69) is 26.4 Å². The maximum atomic E-state index is 13.7. The van der Waals surface area contributed by atoms with Crippen molar-refractivity contribution >= 4 is 39.1 Å². The van der Waals surface area contributed by atoms with Crippen LogP contribution in [-0.2, 0) is 6.54 Å². The average molecular weight is 373 g/mol. The fraction of sp³-hybridized carbons (Fsp3) is 0.0714. The standard InChI is InChI=1S/C14H12BrClFN3O/c15-10-2-1-3-12(17)13(10)19-7-9-5-4-8(6-11(9)16)14(18)20-21/h1-6,19,21H,7H2,(H2,18,20). The molecule has 4 nitrogen and oxygen atoms in total. The third kappa shape index (κ3) is 3.65. The van der Waals surface area contributed by atoms with Crippen molar-refractivity contribution in [3.63, 3.8) is 0 Å². The molecule has 0 spiro atoms. The van der Waals surface area contributed by atoms with Crippen LogP contribution in [0.1, 0.15) is 11.1 Å². The zero-order chi connectivity index (χ0) is 15.4. The van der Waals surface area contributed by atoms with Crippen LogP contribution in [0.3, 0.4) is 0 Å². The molecule has 7 heteroatoms. The van der Waals surface area contributed by atoms with Crippen molar-refractivity contribution in [1.82, 2.24) is 0 Å². The van der Waals surface area contributed by atoms with Gasteiger partial charge in [0.2, 0.25) is 0 Å². The molecule has 0 saturated heterocycles. The summed E-state index contributed by atoms with van der Waals surface area (Å²) < 4.78 is 14.3. The summed E-state index contributed by atoms with van der Waals surface area (Å²) >= 11 is 9.42. The second-order valence-corrected chi connectivity index (χ2v) is 5.50. The van der Waals surface area contributed by atoms with Crippen LogP contribution in [0.2, 0.25) is 5.02 Å². The molecule has 0 unspecified atom stereocenters. The monoisotopic (exact) mass is 371 g/mol. The molecule has 2 rings (SSSR count). The van der Waals surface area contributed by atoms with Gasteiger partial charge in [-0.3, -0.25) is 0 Å². The molecule has 0 aromatic heterocycles. The lowest BCUT2D eigenvalue weighted by molar-refractivity contribution is 0.318. The minimum absolute atomic E-state index is 0.0201. The molecule has 21 heavy (non-hydrogen) atoms. The number of halogens is 3. The van der Waals surface area contributed by atoms with Crippen LogP contribution >= 0.6 is 27.5 Å². The lowest BCUT2D eigenvalue weighted by Gasteiger charge is -2.11. The molecular weight excluding hydrogens is 361 g/mol. The van der Waals surface area contributed by atoms with E-state index in [0.29, 0.717) is 27.3 Å². The first-order valence-corrected chi connectivity index (χ1v) is 7.14. The Morgan fingerprint density at radius 2 is 2.14 bits per heavy atom. The van der Waals surface area contributed by atoms with Crippen LogP contribution < -0.4 is 11.1 Å². The third-order valence-electron chi connectivity index (χ3n) is 2.87. The number of nitrogens with zero attached hydrogens (tertiary/aromatic N) is 1. The zero-order valence-electron chi connectivity index (χ0n) is 10.8. The molecule has 4 N–H and O–H groups in total. The normalized spacial score (nSPS) is 11.5. The van der Waals surface area contributed by atoms with Gasteiger partial charge in [-0.05, 0) is 39.7 Å². The maximum Gasteiger partial charge on any atom is 0.170 e. The van der Waals surface area contributed by atoms with Crippen LogP contribution in [-0.4, -0.2) is 11.0 Å². The fourth-order valence-corrected chi connectivity index (χ4v) is 2.49. The molecule has 0 saturated carbocycles. The van der Waals surface area contributed by atoms with E-state index >= 15 is 0 Å². The predicted molar refractivity (Wildman–Crippen MR) is 85.4 cm³/mol. The second-order valence-electron chi connectivity index (χ2n) is 4.24. The smallest absolute Gasteiger partial charge is 0.170 e. The highest BCUT2D eigenvalue weighted by Gasteiger charge is 2.08. The number of hydrogen-bond donors (Lipinski definition) is 3. The van der Waals surface area contributed by atoms with Gasteiger partial charge in [-0.25, -0.2) is 4.39 Å². The van der Waals surface area contributed by atoms with E-state index in [1.165, 1.54) is 6.07 Å². The zero-order valence-corrected chi connectivity index (χ0v) is 13.1. The van der Waals surface area contributed by atoms with Gasteiger partial charge < -0.3 is 16.3 Å². The molecule has 0 aliphatic carbocycles. The number of oxime groups is 1. The number of para-hydroxylation sites is 1. The van der Waals surface area contributed by atoms with Crippen molar-refractivity contribution in [3.8, 4) is 0 Å². The Labute approximate surface area is 134 Å². The van der Waals surface area contributed by atoms with E-state index in [9.17, 15) is 4.39 Å². The Hall–Kier alpha value is -1.79. The Bertz CT molecular complexity index is 674. The van der Waals surface area contributed by atoms with Crippen molar-refractivity contribution in [1.29, 1.82) is 0 Å². The molecule has 110 valence electrons. The second kappa shape index (κ2) is 6.78. The minimum Gasteiger partial charge on any atom is -0.409 e. The van der Waals surface area contributed by atoms with Gasteiger partial charge in [0.05, 0.1) is 5.69 Å². The lowest BCUT2D eigenvalue weighted by atomic mass is 10.1. The van der Waals surface area contributed by atoms with Crippen LogP contribution in [0, 0.1) is 5.82 Å². The average Bonchev–Trinajstić information content (AvgIpc) is 2.47. The van der Waals surface area contributed by atoms with E-state index < -0.39 is 0 Å². The Balaban J connectivity index is 2.18. The summed E-state index contributed by atoms with van der Waals surface area (Å²) in [6.45, 7) is 0.342. The highest BCUT2D eigenvalue weighted by Crippen LogP contribution is 2.27. The number of nitrogens with one attached hydrogen (secondary N) is 1. The quantitative estimate of drug-likeness (QED) is 0.329. The Morgan fingerprint density at radius 1 is 1.38 bits per heavy atom. The molecule has 0 aliphatic heterocycles. The highest BCUT2D eigenvalue weighted by atomic mass is 79.9. The topological polar surface area (TPSA) is 70.6 Å². The Morgan fingerprint density at radius 3 is 2.76 bits per heavy atom. The summed E-state index contributed by atoms with van der Waals surface area (Å²) in [5.74, 6) is -0.373. The molecule has 0 amide bonds. The lowest BCUT2D eigenvalue weighted by Crippen LogP contribution is -2.13. The van der Waals surface area contributed by atoms with Crippen molar-refractivity contribution in [2.75, 3.05) is 5.32 Å². The third-order valence-corrected chi connectivity index (χ3v) is 3.89. The number of amidine groups is 1. The molecular formula is C14H12BrClFN3O. The molecule has 0 bridgehead atoms. The van der Waals surface area contributed by atoms with Crippen molar-refractivity contribution in [2.24, 2.45) is 10.9 Å². The first kappa shape index (κ1) is 15.6. The first-order valence-electron chi connectivity index (χ1n) is 5.97. The van der Waals surface area contributed by atoms with Gasteiger partial charge >= 0.3 is 0 Å². The van der Waals surface area contributed by atoms with Gasteiger partial charge in [-0.1, -0.05) is 35.0 Å². The fourth-order valence-electron chi connectivity index (χ4n) is 1.76. The maximum absolute atomic E-state index is 13.7. The molecule has 0 aliphatic rings. The summed E-state index contributed by atoms with van der Waals surface area (Å²) in [5, 5.41) is 15.0. The van der Waals surface area contributed by atoms with Gasteiger partial charge in [-0.15, -0.1) is 0 Å². The number of anilines is 1. The summed E-state index contributed by atoms with van der Waals surface area (Å²) in [6, 6.07) is 9.73. The molecule has 2 aromatic rings. The van der Waals surface area contributed by atoms with Crippen LogP contribution in [0.4, 0.5) is 10.1 Å². The molecule has 0 atom stereocenters. The number of benzene rings is 2. The van der Waals surface area contributed by atoms with Crippen LogP contribution in [0.5, 0.6) is 0 Å². The van der Waals surface area contributed by atoms with Crippen LogP contribution in [0.25, 0.3) is 0 Å². The number of hydrogen-bond acceptors (Lipinski definition) is 3. The van der Waals surface area contributed by atoms with Gasteiger partial charge in [-0.2, -0.15) is 0 Å². The van der Waals surface area contributed by atoms with E-state index in [1.54, 1.807) is 30.3 Å². The largest absolute Gasteiger partial charge is 0.409 e. The van der Waals surface area contributed by atoms with Gasteiger partial charge in [0.25, 0.3) is 0 Å². The van der Waals surface area contributed by atoms with E-state index in [4.69, 9.17) is 22.5 Å². The molecule has 0 heterocycles. The minimum atomic E-state index is -0.353. The number of nitrogens with two attached hydrogens (primary N) is 1. The van der Waals surface area contributed by atoms with Gasteiger partial charge in [0.15, 0.2) is 5.84 Å². The summed E-state index contributed by atoms with van der Waals surface area (Å²) in [4.78, 5) is 0. The van der Waals surface area contributed by atoms with Gasteiger partial charge in [0, 0.05) is 21.6 Å².